The molecule has 0 radical (unpaired) electrons. The number of benzene rings is 2. The number of aromatic nitrogens is 1. The largest absolute Gasteiger partial charge is 0.481 e. The van der Waals surface area contributed by atoms with Crippen LogP contribution in [0.25, 0.3) is 10.9 Å². The number of carbonyl (C=O) groups is 2. The summed E-state index contributed by atoms with van der Waals surface area (Å²) in [5.41, 5.74) is 1.67. The van der Waals surface area contributed by atoms with Gasteiger partial charge in [-0.1, -0.05) is 30.1 Å². The Morgan fingerprint density at radius 3 is 2.47 bits per heavy atom. The number of fused-ring (bicyclic) bond motifs is 1. The minimum atomic E-state index is -4.46. The number of alkyl halides is 3. The number of carboxylic acids is 1. The summed E-state index contributed by atoms with van der Waals surface area (Å²) in [5, 5.41) is 10.6. The highest BCUT2D eigenvalue weighted by Crippen LogP contribution is 2.36. The van der Waals surface area contributed by atoms with E-state index in [1.807, 2.05) is 6.07 Å². The van der Waals surface area contributed by atoms with Crippen molar-refractivity contribution in [3.8, 4) is 0 Å². The van der Waals surface area contributed by atoms with Crippen molar-refractivity contribution in [1.29, 1.82) is 0 Å². The summed E-state index contributed by atoms with van der Waals surface area (Å²) in [7, 11) is 1.68. The number of carbonyl (C=O) groups excluding carboxylic acids is 1. The second-order valence-corrected chi connectivity index (χ2v) is 10.2. The van der Waals surface area contributed by atoms with Crippen molar-refractivity contribution in [1.82, 2.24) is 9.47 Å². The Hall–Kier alpha value is -2.71. The van der Waals surface area contributed by atoms with Gasteiger partial charge in [-0.25, -0.2) is 0 Å². The van der Waals surface area contributed by atoms with Gasteiger partial charge in [-0.05, 0) is 60.7 Å². The van der Waals surface area contributed by atoms with Crippen LogP contribution in [0.1, 0.15) is 46.1 Å². The van der Waals surface area contributed by atoms with Gasteiger partial charge in [0.2, 0.25) is 0 Å². The van der Waals surface area contributed by atoms with E-state index in [1.165, 1.54) is 0 Å². The molecular formula is C26H25Cl2F3N2O3. The average Bonchev–Trinajstić information content (AvgIpc) is 3.11. The summed E-state index contributed by atoms with van der Waals surface area (Å²) in [6.45, 7) is 4.04. The number of likely N-dealkylation sites (tertiary alicyclic amines) is 1. The minimum Gasteiger partial charge on any atom is -0.481 e. The Bertz CT molecular complexity index is 1370. The van der Waals surface area contributed by atoms with Crippen LogP contribution < -0.4 is 0 Å². The lowest BCUT2D eigenvalue weighted by molar-refractivity contribution is -0.145. The molecule has 2 atom stereocenters. The smallest absolute Gasteiger partial charge is 0.416 e. The maximum Gasteiger partial charge on any atom is 0.416 e. The summed E-state index contributed by atoms with van der Waals surface area (Å²) >= 11 is 13.1. The highest BCUT2D eigenvalue weighted by Gasteiger charge is 2.34. The van der Waals surface area contributed by atoms with Crippen molar-refractivity contribution < 1.29 is 27.9 Å². The lowest BCUT2D eigenvalue weighted by atomic mass is 9.86. The van der Waals surface area contributed by atoms with Gasteiger partial charge in [-0.3, -0.25) is 9.59 Å². The molecular weight excluding hydrogens is 516 g/mol. The van der Waals surface area contributed by atoms with Gasteiger partial charge >= 0.3 is 12.1 Å². The topological polar surface area (TPSA) is 62.5 Å². The van der Waals surface area contributed by atoms with Crippen LogP contribution in [0.2, 0.25) is 10.0 Å². The van der Waals surface area contributed by atoms with Crippen LogP contribution >= 0.6 is 23.2 Å². The van der Waals surface area contributed by atoms with Crippen LogP contribution in [0, 0.1) is 18.8 Å². The molecule has 4 rings (SSSR count). The highest BCUT2D eigenvalue weighted by atomic mass is 35.5. The van der Waals surface area contributed by atoms with E-state index in [0.717, 1.165) is 12.1 Å². The van der Waals surface area contributed by atoms with Crippen LogP contribution in [-0.4, -0.2) is 39.5 Å². The number of aliphatic carboxylic acids is 1. The van der Waals surface area contributed by atoms with Crippen LogP contribution in [0.15, 0.2) is 30.3 Å². The van der Waals surface area contributed by atoms with E-state index in [9.17, 15) is 27.9 Å². The zero-order valence-corrected chi connectivity index (χ0v) is 21.4. The average molecular weight is 541 g/mol. The lowest BCUT2D eigenvalue weighted by Crippen LogP contribution is -2.45. The number of halogens is 5. The van der Waals surface area contributed by atoms with Gasteiger partial charge in [-0.2, -0.15) is 13.2 Å². The van der Waals surface area contributed by atoms with Crippen molar-refractivity contribution in [2.24, 2.45) is 18.9 Å². The Labute approximate surface area is 216 Å². The molecule has 0 unspecified atom stereocenters. The molecule has 0 bridgehead atoms. The third kappa shape index (κ3) is 4.81. The Kier molecular flexibility index (Phi) is 7.05. The molecule has 1 amide bonds. The molecule has 1 aliphatic heterocycles. The second kappa shape index (κ2) is 9.63. The van der Waals surface area contributed by atoms with Crippen LogP contribution in [0.3, 0.4) is 0 Å². The molecule has 1 fully saturated rings. The second-order valence-electron chi connectivity index (χ2n) is 9.44. The first-order valence-corrected chi connectivity index (χ1v) is 12.2. The van der Waals surface area contributed by atoms with E-state index >= 15 is 0 Å². The normalized spacial score (nSPS) is 18.6. The number of amides is 1. The summed E-state index contributed by atoms with van der Waals surface area (Å²) in [4.78, 5) is 26.3. The number of carboxylic acid groups (broad SMARTS) is 1. The zero-order chi connectivity index (χ0) is 26.5. The van der Waals surface area contributed by atoms with E-state index in [0.29, 0.717) is 52.3 Å². The molecule has 5 nitrogen and oxygen atoms in total. The maximum atomic E-state index is 13.3. The summed E-state index contributed by atoms with van der Waals surface area (Å²) < 4.78 is 41.7. The summed E-state index contributed by atoms with van der Waals surface area (Å²) in [6.07, 6.45) is -3.89. The first-order chi connectivity index (χ1) is 16.8. The number of nitrogens with zero attached hydrogens (tertiary/aromatic N) is 2. The molecule has 1 N–H and O–H groups in total. The Morgan fingerprint density at radius 2 is 1.86 bits per heavy atom. The third-order valence-electron chi connectivity index (χ3n) is 7.08. The minimum absolute atomic E-state index is 0.179. The van der Waals surface area contributed by atoms with Crippen LogP contribution in [-0.2, 0) is 24.4 Å². The third-order valence-corrected chi connectivity index (χ3v) is 7.87. The molecule has 192 valence electrons. The van der Waals surface area contributed by atoms with E-state index in [2.05, 4.69) is 0 Å². The monoisotopic (exact) mass is 540 g/mol. The molecule has 0 spiro atoms. The fourth-order valence-corrected chi connectivity index (χ4v) is 5.55. The molecule has 0 aliphatic carbocycles. The van der Waals surface area contributed by atoms with Gasteiger partial charge in [0, 0.05) is 48.2 Å². The van der Waals surface area contributed by atoms with Crippen molar-refractivity contribution in [2.45, 2.75) is 32.9 Å². The van der Waals surface area contributed by atoms with Gasteiger partial charge in [0.25, 0.3) is 5.91 Å². The van der Waals surface area contributed by atoms with E-state index in [4.69, 9.17) is 23.2 Å². The first-order valence-electron chi connectivity index (χ1n) is 11.4. The van der Waals surface area contributed by atoms with E-state index < -0.39 is 23.6 Å². The number of aryl methyl sites for hydroxylation is 2. The fourth-order valence-electron chi connectivity index (χ4n) is 4.97. The molecule has 3 aromatic rings. The van der Waals surface area contributed by atoms with Gasteiger partial charge in [-0.15, -0.1) is 0 Å². The molecule has 1 aliphatic rings. The highest BCUT2D eigenvalue weighted by molar-refractivity contribution is 6.38. The van der Waals surface area contributed by atoms with Crippen molar-refractivity contribution in [3.05, 3.63) is 68.3 Å². The fraction of sp³-hybridized carbons (Fsp3) is 0.385. The quantitative estimate of drug-likeness (QED) is 0.406. The first kappa shape index (κ1) is 26.4. The standard InChI is InChI=1S/C26H25Cl2F3N2O3/c1-13-8-15(26(29,30)31)9-22-19(13)10-16(32(22)3)11-20-21(27)5-4-18(23(20)28)24(34)33-7-6-17(25(35)36)14(2)12-33/h4-5,8-10,14,17H,6-7,11-12H2,1-3H3,(H,35,36)/t14-,17+/m0/s1. The molecule has 2 heterocycles. The van der Waals surface area contributed by atoms with Gasteiger partial charge in [0.05, 0.1) is 22.1 Å². The predicted molar refractivity (Wildman–Crippen MR) is 133 cm³/mol. The Balaban J connectivity index is 1.67. The number of hydrogen-bond acceptors (Lipinski definition) is 2. The van der Waals surface area contributed by atoms with Gasteiger partial charge < -0.3 is 14.6 Å². The molecule has 36 heavy (non-hydrogen) atoms. The molecule has 0 saturated carbocycles. The molecule has 10 heteroatoms. The summed E-state index contributed by atoms with van der Waals surface area (Å²) in [5.74, 6) is -1.88. The lowest BCUT2D eigenvalue weighted by Gasteiger charge is -2.35. The summed E-state index contributed by atoms with van der Waals surface area (Å²) in [6, 6.07) is 7.19. The van der Waals surface area contributed by atoms with E-state index in [1.54, 1.807) is 42.5 Å². The number of piperidine rings is 1. The van der Waals surface area contributed by atoms with Gasteiger partial charge in [0.15, 0.2) is 0 Å². The molecule has 1 aromatic heterocycles. The zero-order valence-electron chi connectivity index (χ0n) is 19.9. The Morgan fingerprint density at radius 1 is 1.17 bits per heavy atom. The SMILES string of the molecule is Cc1cc(C(F)(F)F)cc2c1cc(Cc1c(Cl)ccc(C(=O)N3CC[C@@H](C(=O)O)[C@@H](C)C3)c1Cl)n2C. The van der Waals surface area contributed by atoms with Crippen molar-refractivity contribution >= 4 is 46.0 Å². The van der Waals surface area contributed by atoms with Gasteiger partial charge in [0.1, 0.15) is 0 Å². The van der Waals surface area contributed by atoms with Crippen molar-refractivity contribution in [2.75, 3.05) is 13.1 Å². The van der Waals surface area contributed by atoms with E-state index in [-0.39, 0.29) is 28.8 Å². The molecule has 1 saturated heterocycles. The number of hydrogen-bond donors (Lipinski definition) is 1. The van der Waals surface area contributed by atoms with Crippen molar-refractivity contribution in [3.63, 3.8) is 0 Å². The predicted octanol–water partition coefficient (Wildman–Crippen LogP) is 6.59. The maximum absolute atomic E-state index is 13.3. The number of rotatable bonds is 4. The molecule has 2 aromatic carbocycles. The van der Waals surface area contributed by atoms with Crippen LogP contribution in [0.5, 0.6) is 0 Å². The van der Waals surface area contributed by atoms with Crippen LogP contribution in [0.4, 0.5) is 13.2 Å².